The lowest BCUT2D eigenvalue weighted by Gasteiger charge is -2.16. The van der Waals surface area contributed by atoms with Gasteiger partial charge >= 0.3 is 0 Å². The summed E-state index contributed by atoms with van der Waals surface area (Å²) in [5.74, 6) is 0.529. The monoisotopic (exact) mass is 421 g/mol. The molecule has 27 heavy (non-hydrogen) atoms. The first-order valence-corrected chi connectivity index (χ1v) is 9.27. The smallest absolute Gasteiger partial charge is 0.266 e. The maximum atomic E-state index is 12.9. The van der Waals surface area contributed by atoms with Crippen LogP contribution in [-0.2, 0) is 0 Å². The number of amides is 2. The number of rotatable bonds is 3. The molecule has 0 aliphatic carbocycles. The van der Waals surface area contributed by atoms with E-state index in [9.17, 15) is 9.59 Å². The lowest BCUT2D eigenvalue weighted by atomic mass is 10.1. The summed E-state index contributed by atoms with van der Waals surface area (Å²) in [6, 6.07) is 18.0. The van der Waals surface area contributed by atoms with Crippen LogP contribution < -0.4 is 9.64 Å². The Hall–Kier alpha value is -2.92. The fourth-order valence-corrected chi connectivity index (χ4v) is 3.46. The molecule has 0 radical (unpaired) electrons. The molecule has 0 N–H and O–H groups in total. The molecule has 0 bridgehead atoms. The van der Waals surface area contributed by atoms with Crippen LogP contribution in [0.2, 0.25) is 0 Å². The van der Waals surface area contributed by atoms with Gasteiger partial charge in [0.05, 0.1) is 16.8 Å². The second-order valence-electron chi connectivity index (χ2n) is 6.50. The van der Waals surface area contributed by atoms with E-state index in [1.54, 1.807) is 18.2 Å². The van der Waals surface area contributed by atoms with Gasteiger partial charge in [0, 0.05) is 4.47 Å². The molecule has 1 aliphatic heterocycles. The van der Waals surface area contributed by atoms with Gasteiger partial charge in [0.25, 0.3) is 11.8 Å². The molecule has 0 saturated heterocycles. The van der Waals surface area contributed by atoms with Gasteiger partial charge in [-0.3, -0.25) is 9.59 Å². The predicted molar refractivity (Wildman–Crippen MR) is 108 cm³/mol. The van der Waals surface area contributed by atoms with Gasteiger partial charge in [-0.2, -0.15) is 0 Å². The number of ether oxygens (including phenoxy) is 1. The Bertz CT molecular complexity index is 1070. The number of fused-ring (bicyclic) bond motifs is 1. The molecule has 0 saturated carbocycles. The van der Waals surface area contributed by atoms with Gasteiger partial charge in [0.1, 0.15) is 11.5 Å². The molecule has 0 aromatic heterocycles. The number of hydrogen-bond donors (Lipinski definition) is 0. The van der Waals surface area contributed by atoms with Gasteiger partial charge in [0.2, 0.25) is 0 Å². The lowest BCUT2D eigenvalue weighted by Crippen LogP contribution is -2.30. The van der Waals surface area contributed by atoms with E-state index in [0.29, 0.717) is 28.3 Å². The number of hydrogen-bond acceptors (Lipinski definition) is 3. The summed E-state index contributed by atoms with van der Waals surface area (Å²) >= 11 is 3.38. The third-order valence-electron chi connectivity index (χ3n) is 4.50. The Morgan fingerprint density at radius 2 is 1.44 bits per heavy atom. The first-order chi connectivity index (χ1) is 12.9. The molecule has 134 valence electrons. The van der Waals surface area contributed by atoms with Crippen LogP contribution in [0.25, 0.3) is 0 Å². The van der Waals surface area contributed by atoms with Crippen LogP contribution in [-0.4, -0.2) is 11.8 Å². The van der Waals surface area contributed by atoms with E-state index in [4.69, 9.17) is 4.74 Å². The number of carbonyl (C=O) groups excluding carboxylic acids is 2. The molecule has 0 atom stereocenters. The van der Waals surface area contributed by atoms with Crippen molar-refractivity contribution < 1.29 is 14.3 Å². The van der Waals surface area contributed by atoms with Crippen LogP contribution in [0.3, 0.4) is 0 Å². The fraction of sp³-hybridized carbons (Fsp3) is 0.0909. The second-order valence-corrected chi connectivity index (χ2v) is 7.41. The molecular formula is C22H16BrNO3. The van der Waals surface area contributed by atoms with E-state index < -0.39 is 0 Å². The van der Waals surface area contributed by atoms with Crippen molar-refractivity contribution in [3.05, 3.63) is 87.4 Å². The quantitative estimate of drug-likeness (QED) is 0.512. The molecular weight excluding hydrogens is 406 g/mol. The molecule has 0 unspecified atom stereocenters. The number of imide groups is 1. The highest BCUT2D eigenvalue weighted by molar-refractivity contribution is 9.10. The van der Waals surface area contributed by atoms with E-state index >= 15 is 0 Å². The van der Waals surface area contributed by atoms with Crippen LogP contribution in [0, 0.1) is 13.8 Å². The molecule has 5 heteroatoms. The highest BCUT2D eigenvalue weighted by atomic mass is 79.9. The average molecular weight is 422 g/mol. The second kappa shape index (κ2) is 6.67. The topological polar surface area (TPSA) is 46.6 Å². The van der Waals surface area contributed by atoms with Gasteiger partial charge in [-0.15, -0.1) is 0 Å². The average Bonchev–Trinajstić information content (AvgIpc) is 2.88. The minimum absolute atomic E-state index is 0.308. The number of aryl methyl sites for hydroxylation is 2. The first kappa shape index (κ1) is 17.5. The number of nitrogens with zero attached hydrogens (tertiary/aromatic N) is 1. The molecule has 3 aromatic rings. The molecule has 1 aliphatic rings. The Kier molecular flexibility index (Phi) is 4.32. The van der Waals surface area contributed by atoms with Gasteiger partial charge in [-0.05, 0) is 67.9 Å². The summed E-state index contributed by atoms with van der Waals surface area (Å²) in [6.45, 7) is 3.87. The molecule has 3 aromatic carbocycles. The number of benzene rings is 3. The fourth-order valence-electron chi connectivity index (χ4n) is 3.20. The zero-order valence-electron chi connectivity index (χ0n) is 14.8. The van der Waals surface area contributed by atoms with Gasteiger partial charge in [0.15, 0.2) is 0 Å². The minimum atomic E-state index is -0.330. The number of halogens is 1. The molecule has 2 amide bonds. The van der Waals surface area contributed by atoms with Gasteiger partial charge < -0.3 is 4.74 Å². The highest BCUT2D eigenvalue weighted by Crippen LogP contribution is 2.34. The minimum Gasteiger partial charge on any atom is -0.457 e. The molecule has 1 heterocycles. The summed E-state index contributed by atoms with van der Waals surface area (Å²) < 4.78 is 6.77. The largest absolute Gasteiger partial charge is 0.457 e. The van der Waals surface area contributed by atoms with Crippen molar-refractivity contribution in [1.82, 2.24) is 0 Å². The maximum Gasteiger partial charge on any atom is 0.266 e. The third-order valence-corrected chi connectivity index (χ3v) is 5.03. The van der Waals surface area contributed by atoms with Crippen molar-refractivity contribution in [3.63, 3.8) is 0 Å². The predicted octanol–water partition coefficient (Wildman–Crippen LogP) is 5.66. The standard InChI is InChI=1S/C22H16BrNO3/c1-13-3-10-20(14(2)11-13)24-21(25)18-9-8-17(12-19(18)22(24)26)27-16-6-4-15(23)5-7-16/h3-12H,1-2H3. The van der Waals surface area contributed by atoms with E-state index in [1.165, 1.54) is 4.90 Å². The molecule has 0 fully saturated rings. The number of carbonyl (C=O) groups is 2. The van der Waals surface area contributed by atoms with Crippen molar-refractivity contribution in [2.24, 2.45) is 0 Å². The zero-order chi connectivity index (χ0) is 19.1. The molecule has 0 spiro atoms. The van der Waals surface area contributed by atoms with Crippen molar-refractivity contribution >= 4 is 33.4 Å². The van der Waals surface area contributed by atoms with E-state index in [2.05, 4.69) is 15.9 Å². The summed E-state index contributed by atoms with van der Waals surface area (Å²) in [5, 5.41) is 0. The first-order valence-electron chi connectivity index (χ1n) is 8.47. The zero-order valence-corrected chi connectivity index (χ0v) is 16.4. The Morgan fingerprint density at radius 1 is 0.778 bits per heavy atom. The van der Waals surface area contributed by atoms with Crippen LogP contribution >= 0.6 is 15.9 Å². The van der Waals surface area contributed by atoms with E-state index in [1.807, 2.05) is 56.3 Å². The third kappa shape index (κ3) is 3.15. The van der Waals surface area contributed by atoms with Crippen LogP contribution in [0.5, 0.6) is 11.5 Å². The summed E-state index contributed by atoms with van der Waals surface area (Å²) in [6.07, 6.45) is 0. The Labute approximate surface area is 165 Å². The van der Waals surface area contributed by atoms with Gasteiger partial charge in [-0.1, -0.05) is 33.6 Å². The summed E-state index contributed by atoms with van der Waals surface area (Å²) in [5.41, 5.74) is 3.33. The van der Waals surface area contributed by atoms with Crippen molar-refractivity contribution in [3.8, 4) is 11.5 Å². The lowest BCUT2D eigenvalue weighted by molar-refractivity contribution is 0.0926. The summed E-state index contributed by atoms with van der Waals surface area (Å²) in [7, 11) is 0. The van der Waals surface area contributed by atoms with Gasteiger partial charge in [-0.25, -0.2) is 4.90 Å². The van der Waals surface area contributed by atoms with Crippen molar-refractivity contribution in [2.75, 3.05) is 4.90 Å². The Balaban J connectivity index is 1.68. The highest BCUT2D eigenvalue weighted by Gasteiger charge is 2.37. The SMILES string of the molecule is Cc1ccc(N2C(=O)c3ccc(Oc4ccc(Br)cc4)cc3C2=O)c(C)c1. The molecule has 4 nitrogen and oxygen atoms in total. The van der Waals surface area contributed by atoms with Crippen molar-refractivity contribution in [1.29, 1.82) is 0 Å². The normalized spacial score (nSPS) is 13.1. The van der Waals surface area contributed by atoms with Crippen LogP contribution in [0.4, 0.5) is 5.69 Å². The molecule has 4 rings (SSSR count). The maximum absolute atomic E-state index is 12.9. The van der Waals surface area contributed by atoms with Crippen LogP contribution in [0.15, 0.2) is 65.1 Å². The summed E-state index contributed by atoms with van der Waals surface area (Å²) in [4.78, 5) is 27.0. The van der Waals surface area contributed by atoms with Crippen LogP contribution in [0.1, 0.15) is 31.8 Å². The van der Waals surface area contributed by atoms with E-state index in [-0.39, 0.29) is 11.8 Å². The van der Waals surface area contributed by atoms with E-state index in [0.717, 1.165) is 15.6 Å². The van der Waals surface area contributed by atoms with Crippen molar-refractivity contribution in [2.45, 2.75) is 13.8 Å². The Morgan fingerprint density at radius 3 is 2.15 bits per heavy atom. The number of anilines is 1.